The molecule has 1 heterocycles. The monoisotopic (exact) mass is 222 g/mol. The van der Waals surface area contributed by atoms with E-state index in [2.05, 4.69) is 22.0 Å². The molecule has 1 aromatic heterocycles. The number of allylic oxidation sites excluding steroid dienone is 1. The van der Waals surface area contributed by atoms with Crippen molar-refractivity contribution in [2.45, 2.75) is 26.2 Å². The van der Waals surface area contributed by atoms with Crippen LogP contribution in [0.2, 0.25) is 0 Å². The van der Waals surface area contributed by atoms with Gasteiger partial charge in [0.2, 0.25) is 5.88 Å². The first-order valence-corrected chi connectivity index (χ1v) is 5.38. The number of nitrogen functional groups attached to an aromatic ring is 1. The SMILES string of the molecule is C=CCCCOc1cc(NN)nc(CC)n1. The minimum absolute atomic E-state index is 0.559. The van der Waals surface area contributed by atoms with Crippen LogP contribution in [-0.4, -0.2) is 16.6 Å². The van der Waals surface area contributed by atoms with Gasteiger partial charge in [0.15, 0.2) is 0 Å². The fraction of sp³-hybridized carbons (Fsp3) is 0.455. The lowest BCUT2D eigenvalue weighted by atomic mass is 10.3. The third kappa shape index (κ3) is 3.86. The van der Waals surface area contributed by atoms with E-state index in [0.717, 1.165) is 19.3 Å². The van der Waals surface area contributed by atoms with Crippen LogP contribution in [-0.2, 0) is 6.42 Å². The van der Waals surface area contributed by atoms with E-state index in [0.29, 0.717) is 24.1 Å². The molecule has 5 nitrogen and oxygen atoms in total. The Morgan fingerprint density at radius 2 is 2.38 bits per heavy atom. The number of anilines is 1. The first-order chi connectivity index (χ1) is 7.80. The molecule has 1 aromatic rings. The fourth-order valence-corrected chi connectivity index (χ4v) is 1.18. The van der Waals surface area contributed by atoms with E-state index < -0.39 is 0 Å². The molecule has 5 heteroatoms. The Labute approximate surface area is 95.7 Å². The molecule has 0 amide bonds. The Kier molecular flexibility index (Phi) is 5.28. The van der Waals surface area contributed by atoms with E-state index in [9.17, 15) is 0 Å². The van der Waals surface area contributed by atoms with Gasteiger partial charge in [0.25, 0.3) is 0 Å². The Bertz CT molecular complexity index is 319. The predicted octanol–water partition coefficient (Wildman–Crippen LogP) is 1.67. The van der Waals surface area contributed by atoms with Gasteiger partial charge >= 0.3 is 0 Å². The summed E-state index contributed by atoms with van der Waals surface area (Å²) in [6.07, 6.45) is 4.49. The number of aryl methyl sites for hydroxylation is 1. The molecule has 0 bridgehead atoms. The average molecular weight is 222 g/mol. The van der Waals surface area contributed by atoms with Crippen molar-refractivity contribution < 1.29 is 4.74 Å². The summed E-state index contributed by atoms with van der Waals surface area (Å²) in [4.78, 5) is 8.41. The van der Waals surface area contributed by atoms with Crippen molar-refractivity contribution in [1.29, 1.82) is 0 Å². The van der Waals surface area contributed by atoms with Gasteiger partial charge in [0.05, 0.1) is 6.61 Å². The number of hydrogen-bond donors (Lipinski definition) is 2. The van der Waals surface area contributed by atoms with E-state index in [4.69, 9.17) is 10.6 Å². The smallest absolute Gasteiger partial charge is 0.218 e. The number of ether oxygens (including phenoxy) is 1. The van der Waals surface area contributed by atoms with E-state index in [1.54, 1.807) is 6.07 Å². The van der Waals surface area contributed by atoms with Crippen molar-refractivity contribution in [3.05, 3.63) is 24.5 Å². The third-order valence-electron chi connectivity index (χ3n) is 2.02. The summed E-state index contributed by atoms with van der Waals surface area (Å²) in [6.45, 7) is 6.26. The van der Waals surface area contributed by atoms with Crippen molar-refractivity contribution in [2.75, 3.05) is 12.0 Å². The van der Waals surface area contributed by atoms with E-state index in [-0.39, 0.29) is 0 Å². The third-order valence-corrected chi connectivity index (χ3v) is 2.02. The number of nitrogens with two attached hydrogens (primary N) is 1. The minimum Gasteiger partial charge on any atom is -0.478 e. The first kappa shape index (κ1) is 12.4. The van der Waals surface area contributed by atoms with Gasteiger partial charge in [0.1, 0.15) is 11.6 Å². The zero-order valence-corrected chi connectivity index (χ0v) is 9.57. The molecule has 0 aliphatic carbocycles. The van der Waals surface area contributed by atoms with Crippen molar-refractivity contribution >= 4 is 5.82 Å². The molecule has 0 saturated carbocycles. The molecular formula is C11H18N4O. The van der Waals surface area contributed by atoms with Crippen LogP contribution in [0, 0.1) is 0 Å². The standard InChI is InChI=1S/C11H18N4O/c1-3-5-6-7-16-11-8-10(15-12)13-9(4-2)14-11/h3,8H,1,4-7,12H2,2H3,(H,13,14,15). The molecule has 0 unspecified atom stereocenters. The summed E-state index contributed by atoms with van der Waals surface area (Å²) in [7, 11) is 0. The van der Waals surface area contributed by atoms with Crippen molar-refractivity contribution in [2.24, 2.45) is 5.84 Å². The molecule has 0 aliphatic heterocycles. The highest BCUT2D eigenvalue weighted by molar-refractivity contribution is 5.36. The predicted molar refractivity (Wildman–Crippen MR) is 64.1 cm³/mol. The topological polar surface area (TPSA) is 73.1 Å². The van der Waals surface area contributed by atoms with Gasteiger partial charge in [-0.1, -0.05) is 13.0 Å². The molecule has 3 N–H and O–H groups in total. The van der Waals surface area contributed by atoms with Gasteiger partial charge in [-0.05, 0) is 12.8 Å². The van der Waals surface area contributed by atoms with Crippen molar-refractivity contribution in [3.8, 4) is 5.88 Å². The highest BCUT2D eigenvalue weighted by Gasteiger charge is 2.03. The molecule has 1 rings (SSSR count). The van der Waals surface area contributed by atoms with Crippen LogP contribution in [0.25, 0.3) is 0 Å². The maximum atomic E-state index is 5.50. The number of rotatable bonds is 7. The highest BCUT2D eigenvalue weighted by atomic mass is 16.5. The van der Waals surface area contributed by atoms with Crippen LogP contribution in [0.5, 0.6) is 5.88 Å². The number of unbranched alkanes of at least 4 members (excludes halogenated alkanes) is 1. The normalized spacial score (nSPS) is 9.88. The summed E-state index contributed by atoms with van der Waals surface area (Å²) in [6, 6.07) is 1.69. The first-order valence-electron chi connectivity index (χ1n) is 5.38. The molecule has 0 atom stereocenters. The maximum absolute atomic E-state index is 5.50. The number of aromatic nitrogens is 2. The summed E-state index contributed by atoms with van der Waals surface area (Å²) in [5.74, 6) is 7.16. The number of hydrazine groups is 1. The van der Waals surface area contributed by atoms with E-state index in [1.165, 1.54) is 0 Å². The zero-order chi connectivity index (χ0) is 11.8. The molecule has 88 valence electrons. The summed E-state index contributed by atoms with van der Waals surface area (Å²) < 4.78 is 5.50. The maximum Gasteiger partial charge on any atom is 0.218 e. The van der Waals surface area contributed by atoms with Crippen LogP contribution in [0.15, 0.2) is 18.7 Å². The number of nitrogens with one attached hydrogen (secondary N) is 1. The van der Waals surface area contributed by atoms with Gasteiger partial charge in [-0.2, -0.15) is 4.98 Å². The highest BCUT2D eigenvalue weighted by Crippen LogP contribution is 2.13. The zero-order valence-electron chi connectivity index (χ0n) is 9.57. The molecule has 0 saturated heterocycles. The van der Waals surface area contributed by atoms with Gasteiger partial charge < -0.3 is 10.2 Å². The second kappa shape index (κ2) is 6.79. The summed E-state index contributed by atoms with van der Waals surface area (Å²) >= 11 is 0. The molecule has 0 aliphatic rings. The Morgan fingerprint density at radius 3 is 3.00 bits per heavy atom. The van der Waals surface area contributed by atoms with Gasteiger partial charge in [0, 0.05) is 12.5 Å². The quantitative estimate of drug-likeness (QED) is 0.318. The molecule has 0 spiro atoms. The van der Waals surface area contributed by atoms with Gasteiger partial charge in [-0.15, -0.1) is 6.58 Å². The molecule has 0 fully saturated rings. The van der Waals surface area contributed by atoms with Gasteiger partial charge in [-0.3, -0.25) is 0 Å². The second-order valence-corrected chi connectivity index (χ2v) is 3.28. The lowest BCUT2D eigenvalue weighted by Gasteiger charge is -2.07. The Balaban J connectivity index is 2.60. The minimum atomic E-state index is 0.559. The molecule has 0 aromatic carbocycles. The summed E-state index contributed by atoms with van der Waals surface area (Å²) in [5.41, 5.74) is 2.50. The lowest BCUT2D eigenvalue weighted by molar-refractivity contribution is 0.299. The van der Waals surface area contributed by atoms with Crippen LogP contribution in [0.4, 0.5) is 5.82 Å². The Morgan fingerprint density at radius 1 is 1.56 bits per heavy atom. The molecular weight excluding hydrogens is 204 g/mol. The van der Waals surface area contributed by atoms with Crippen LogP contribution in [0.3, 0.4) is 0 Å². The van der Waals surface area contributed by atoms with Crippen LogP contribution >= 0.6 is 0 Å². The number of hydrogen-bond acceptors (Lipinski definition) is 5. The van der Waals surface area contributed by atoms with E-state index in [1.807, 2.05) is 13.0 Å². The molecule has 16 heavy (non-hydrogen) atoms. The van der Waals surface area contributed by atoms with Crippen LogP contribution in [0.1, 0.15) is 25.6 Å². The second-order valence-electron chi connectivity index (χ2n) is 3.28. The average Bonchev–Trinajstić information content (AvgIpc) is 2.34. The van der Waals surface area contributed by atoms with Crippen LogP contribution < -0.4 is 16.0 Å². The van der Waals surface area contributed by atoms with Gasteiger partial charge in [-0.25, -0.2) is 10.8 Å². The van der Waals surface area contributed by atoms with E-state index >= 15 is 0 Å². The number of nitrogens with zero attached hydrogens (tertiary/aromatic N) is 2. The largest absolute Gasteiger partial charge is 0.478 e. The summed E-state index contributed by atoms with van der Waals surface area (Å²) in [5, 5.41) is 0. The Hall–Kier alpha value is -1.62. The molecule has 0 radical (unpaired) electrons. The van der Waals surface area contributed by atoms with Crippen molar-refractivity contribution in [1.82, 2.24) is 9.97 Å². The lowest BCUT2D eigenvalue weighted by Crippen LogP contribution is -2.11. The fourth-order valence-electron chi connectivity index (χ4n) is 1.18. The van der Waals surface area contributed by atoms with Crippen molar-refractivity contribution in [3.63, 3.8) is 0 Å².